The Morgan fingerprint density at radius 3 is 2.00 bits per heavy atom. The molecule has 3 nitrogen and oxygen atoms in total. The van der Waals surface area contributed by atoms with Gasteiger partial charge in [-0.05, 0) is 83.3 Å². The summed E-state index contributed by atoms with van der Waals surface area (Å²) in [6, 6.07) is 11.0. The number of fused-ring (bicyclic) bond motifs is 3. The van der Waals surface area contributed by atoms with Crippen LogP contribution in [0.25, 0.3) is 0 Å². The number of aliphatic hydroxyl groups is 1. The first-order valence-electron chi connectivity index (χ1n) is 8.28. The molecule has 0 aliphatic heterocycles. The van der Waals surface area contributed by atoms with Gasteiger partial charge in [0.2, 0.25) is 0 Å². The monoisotopic (exact) mass is 320 g/mol. The van der Waals surface area contributed by atoms with E-state index in [4.69, 9.17) is 0 Å². The SMILES string of the molecule is Oc1ccc2c(c1)CC1=CCC(O)C=C1Cc1ccc(O)cc1C2. The molecule has 4 rings (SSSR count). The lowest BCUT2D eigenvalue weighted by Crippen LogP contribution is -2.11. The van der Waals surface area contributed by atoms with Gasteiger partial charge in [0.15, 0.2) is 0 Å². The molecule has 2 aromatic carbocycles. The van der Waals surface area contributed by atoms with Gasteiger partial charge in [0, 0.05) is 0 Å². The molecule has 0 saturated carbocycles. The highest BCUT2D eigenvalue weighted by Crippen LogP contribution is 2.33. The van der Waals surface area contributed by atoms with Crippen LogP contribution in [0.5, 0.6) is 11.5 Å². The van der Waals surface area contributed by atoms with E-state index in [-0.39, 0.29) is 11.5 Å². The van der Waals surface area contributed by atoms with Crippen LogP contribution in [0.2, 0.25) is 0 Å². The van der Waals surface area contributed by atoms with Crippen molar-refractivity contribution in [2.45, 2.75) is 31.8 Å². The van der Waals surface area contributed by atoms with Crippen LogP contribution in [0, 0.1) is 0 Å². The van der Waals surface area contributed by atoms with Crippen LogP contribution in [0.3, 0.4) is 0 Å². The van der Waals surface area contributed by atoms with Crippen molar-refractivity contribution in [2.24, 2.45) is 0 Å². The van der Waals surface area contributed by atoms with Crippen LogP contribution in [0.4, 0.5) is 0 Å². The van der Waals surface area contributed by atoms with E-state index in [1.807, 2.05) is 30.3 Å². The molecule has 0 fully saturated rings. The molecule has 2 aliphatic rings. The first kappa shape index (κ1) is 15.0. The third-order valence-corrected chi connectivity index (χ3v) is 4.93. The van der Waals surface area contributed by atoms with Crippen molar-refractivity contribution in [3.63, 3.8) is 0 Å². The summed E-state index contributed by atoms with van der Waals surface area (Å²) in [5.41, 5.74) is 6.86. The summed E-state index contributed by atoms with van der Waals surface area (Å²) in [6.07, 6.45) is 6.48. The van der Waals surface area contributed by atoms with Crippen LogP contribution in [0.1, 0.15) is 28.7 Å². The fraction of sp³-hybridized carbons (Fsp3) is 0.238. The van der Waals surface area contributed by atoms with Crippen molar-refractivity contribution in [2.75, 3.05) is 0 Å². The molecule has 0 bridgehead atoms. The van der Waals surface area contributed by atoms with Crippen LogP contribution < -0.4 is 0 Å². The smallest absolute Gasteiger partial charge is 0.115 e. The lowest BCUT2D eigenvalue weighted by atomic mass is 9.87. The topological polar surface area (TPSA) is 60.7 Å². The molecule has 0 radical (unpaired) electrons. The van der Waals surface area contributed by atoms with Crippen molar-refractivity contribution in [1.29, 1.82) is 0 Å². The second kappa shape index (κ2) is 5.84. The van der Waals surface area contributed by atoms with E-state index in [9.17, 15) is 15.3 Å². The predicted octanol–water partition coefficient (Wildman–Crippen LogP) is 3.40. The van der Waals surface area contributed by atoms with Gasteiger partial charge in [0.05, 0.1) is 6.10 Å². The van der Waals surface area contributed by atoms with E-state index >= 15 is 0 Å². The fourth-order valence-electron chi connectivity index (χ4n) is 3.67. The number of rotatable bonds is 0. The normalized spacial score (nSPS) is 19.6. The first-order valence-corrected chi connectivity index (χ1v) is 8.28. The summed E-state index contributed by atoms with van der Waals surface area (Å²) in [5, 5.41) is 29.8. The molecule has 0 spiro atoms. The van der Waals surface area contributed by atoms with Crippen LogP contribution in [0.15, 0.2) is 59.7 Å². The number of hydrogen-bond donors (Lipinski definition) is 3. The second-order valence-corrected chi connectivity index (χ2v) is 6.66. The largest absolute Gasteiger partial charge is 0.508 e. The summed E-state index contributed by atoms with van der Waals surface area (Å²) in [6.45, 7) is 0. The Kier molecular flexibility index (Phi) is 3.66. The van der Waals surface area contributed by atoms with Gasteiger partial charge in [0.1, 0.15) is 11.5 Å². The lowest BCUT2D eigenvalue weighted by Gasteiger charge is -2.20. The Morgan fingerprint density at radius 1 is 0.708 bits per heavy atom. The van der Waals surface area contributed by atoms with Gasteiger partial charge in [-0.25, -0.2) is 0 Å². The highest BCUT2D eigenvalue weighted by atomic mass is 16.3. The van der Waals surface area contributed by atoms with Crippen molar-refractivity contribution < 1.29 is 15.3 Å². The first-order chi connectivity index (χ1) is 11.6. The highest BCUT2D eigenvalue weighted by Gasteiger charge is 2.20. The quantitative estimate of drug-likeness (QED) is 0.697. The minimum Gasteiger partial charge on any atom is -0.508 e. The predicted molar refractivity (Wildman–Crippen MR) is 93.2 cm³/mol. The molecule has 2 aromatic rings. The summed E-state index contributed by atoms with van der Waals surface area (Å²) >= 11 is 0. The average molecular weight is 320 g/mol. The number of phenolic OH excluding ortho intramolecular Hbond substituents is 2. The number of benzene rings is 2. The van der Waals surface area contributed by atoms with E-state index in [1.165, 1.54) is 11.1 Å². The standard InChI is InChI=1S/C21H20O3/c22-19-4-1-13-7-17-11-20(23)6-3-15(17)9-18-12-21(24)5-2-14(18)8-16(13)10-19/h1-5,10-12,20,22-24H,6-9H2. The Balaban J connectivity index is 1.89. The van der Waals surface area contributed by atoms with Gasteiger partial charge < -0.3 is 15.3 Å². The van der Waals surface area contributed by atoms with Crippen molar-refractivity contribution in [3.05, 3.63) is 82.0 Å². The van der Waals surface area contributed by atoms with Gasteiger partial charge in [-0.3, -0.25) is 0 Å². The average Bonchev–Trinajstić information content (AvgIpc) is 2.60. The molecular formula is C21H20O3. The Labute approximate surface area is 141 Å². The Morgan fingerprint density at radius 2 is 1.29 bits per heavy atom. The maximum Gasteiger partial charge on any atom is 0.115 e. The molecule has 3 N–H and O–H groups in total. The molecule has 0 aromatic heterocycles. The van der Waals surface area contributed by atoms with Crippen molar-refractivity contribution >= 4 is 0 Å². The number of aliphatic hydroxyl groups excluding tert-OH is 1. The van der Waals surface area contributed by atoms with Gasteiger partial charge >= 0.3 is 0 Å². The van der Waals surface area contributed by atoms with Crippen molar-refractivity contribution in [3.8, 4) is 11.5 Å². The second-order valence-electron chi connectivity index (χ2n) is 6.66. The molecule has 1 atom stereocenters. The third kappa shape index (κ3) is 2.83. The summed E-state index contributed by atoms with van der Waals surface area (Å²) < 4.78 is 0. The number of allylic oxidation sites excluding steroid dienone is 2. The number of aromatic hydroxyl groups is 2. The van der Waals surface area contributed by atoms with Crippen LogP contribution in [-0.2, 0) is 19.3 Å². The molecule has 0 heterocycles. The zero-order valence-corrected chi connectivity index (χ0v) is 13.4. The van der Waals surface area contributed by atoms with Gasteiger partial charge in [-0.1, -0.05) is 24.3 Å². The molecule has 0 saturated heterocycles. The maximum atomic E-state index is 10.0. The van der Waals surface area contributed by atoms with E-state index in [2.05, 4.69) is 6.08 Å². The number of hydrogen-bond acceptors (Lipinski definition) is 3. The Bertz CT molecular complexity index is 861. The summed E-state index contributed by atoms with van der Waals surface area (Å²) in [4.78, 5) is 0. The molecule has 24 heavy (non-hydrogen) atoms. The summed E-state index contributed by atoms with van der Waals surface area (Å²) in [7, 11) is 0. The Hall–Kier alpha value is -2.52. The zero-order valence-electron chi connectivity index (χ0n) is 13.4. The summed E-state index contributed by atoms with van der Waals surface area (Å²) in [5.74, 6) is 0.535. The van der Waals surface area contributed by atoms with E-state index in [0.717, 1.165) is 41.5 Å². The minimum atomic E-state index is -0.436. The van der Waals surface area contributed by atoms with Gasteiger partial charge in [-0.15, -0.1) is 0 Å². The zero-order chi connectivity index (χ0) is 16.7. The van der Waals surface area contributed by atoms with E-state index < -0.39 is 6.10 Å². The van der Waals surface area contributed by atoms with E-state index in [1.54, 1.807) is 12.1 Å². The third-order valence-electron chi connectivity index (χ3n) is 4.93. The van der Waals surface area contributed by atoms with Crippen molar-refractivity contribution in [1.82, 2.24) is 0 Å². The highest BCUT2D eigenvalue weighted by molar-refractivity contribution is 5.51. The molecule has 3 heteroatoms. The lowest BCUT2D eigenvalue weighted by molar-refractivity contribution is 0.224. The molecule has 0 amide bonds. The molecular weight excluding hydrogens is 300 g/mol. The fourth-order valence-corrected chi connectivity index (χ4v) is 3.67. The number of phenols is 2. The molecule has 2 aliphatic carbocycles. The van der Waals surface area contributed by atoms with Gasteiger partial charge in [-0.2, -0.15) is 0 Å². The van der Waals surface area contributed by atoms with Crippen LogP contribution in [-0.4, -0.2) is 21.4 Å². The molecule has 122 valence electrons. The molecule has 1 unspecified atom stereocenters. The minimum absolute atomic E-state index is 0.266. The van der Waals surface area contributed by atoms with E-state index in [0.29, 0.717) is 6.42 Å². The maximum absolute atomic E-state index is 10.0. The van der Waals surface area contributed by atoms with Gasteiger partial charge in [0.25, 0.3) is 0 Å². The van der Waals surface area contributed by atoms with Crippen LogP contribution >= 0.6 is 0 Å².